The quantitative estimate of drug-likeness (QED) is 0.721. The van der Waals surface area contributed by atoms with E-state index in [9.17, 15) is 27.1 Å². The van der Waals surface area contributed by atoms with Gasteiger partial charge in [-0.1, -0.05) is 0 Å². The Hall–Kier alpha value is -1.45. The molecule has 1 aromatic rings. The Kier molecular flexibility index (Phi) is 5.07. The first-order valence-corrected chi connectivity index (χ1v) is 11.8. The number of nitrogens with zero attached hydrogens (tertiary/aromatic N) is 1. The van der Waals surface area contributed by atoms with Crippen LogP contribution in [0.1, 0.15) is 44.1 Å². The molecule has 0 aromatic heterocycles. The molecule has 0 unspecified atom stereocenters. The Morgan fingerprint density at radius 3 is 2.03 bits per heavy atom. The van der Waals surface area contributed by atoms with Crippen LogP contribution in [-0.4, -0.2) is 50.1 Å². The first-order valence-electron chi connectivity index (χ1n) is 9.92. The minimum absolute atomic E-state index is 0.0628. The Morgan fingerprint density at radius 1 is 1.00 bits per heavy atom. The summed E-state index contributed by atoms with van der Waals surface area (Å²) in [6, 6.07) is 4.51. The van der Waals surface area contributed by atoms with Gasteiger partial charge in [0.05, 0.1) is 5.56 Å². The van der Waals surface area contributed by atoms with Crippen LogP contribution in [0.15, 0.2) is 24.3 Å². The van der Waals surface area contributed by atoms with E-state index < -0.39 is 27.9 Å². The maximum atomic E-state index is 13.3. The summed E-state index contributed by atoms with van der Waals surface area (Å²) in [6.45, 7) is 1.10. The lowest BCUT2D eigenvalue weighted by Gasteiger charge is -2.59. The average molecular weight is 433 g/mol. The molecule has 9 heteroatoms. The van der Waals surface area contributed by atoms with E-state index in [0.29, 0.717) is 37.4 Å². The van der Waals surface area contributed by atoms with Gasteiger partial charge in [-0.25, -0.2) is 0 Å². The van der Waals surface area contributed by atoms with Crippen LogP contribution in [0.4, 0.5) is 13.2 Å². The number of benzene rings is 1. The summed E-state index contributed by atoms with van der Waals surface area (Å²) in [4.78, 5) is 15.1. The number of hydrogen-bond acceptors (Lipinski definition) is 4. The number of ether oxygens (including phenoxy) is 1. The lowest BCUT2D eigenvalue weighted by atomic mass is 9.80. The van der Waals surface area contributed by atoms with Crippen molar-refractivity contribution in [2.75, 3.05) is 24.6 Å². The highest BCUT2D eigenvalue weighted by molar-refractivity contribution is 8.25. The van der Waals surface area contributed by atoms with Crippen molar-refractivity contribution in [3.05, 3.63) is 29.8 Å². The third-order valence-corrected chi connectivity index (χ3v) is 8.63. The fraction of sp³-hybridized carbons (Fsp3) is 0.650. The summed E-state index contributed by atoms with van der Waals surface area (Å²) >= 11 is 0. The van der Waals surface area contributed by atoms with Crippen molar-refractivity contribution in [3.63, 3.8) is 0 Å². The number of halogens is 3. The molecule has 0 radical (unpaired) electrons. The molecule has 1 aliphatic carbocycles. The molecule has 0 atom stereocenters. The van der Waals surface area contributed by atoms with Gasteiger partial charge >= 0.3 is 6.18 Å². The first kappa shape index (κ1) is 20.8. The second kappa shape index (κ2) is 7.06. The standard InChI is InChI=1S/C20H26F3NO4S/c21-20(22,23)15-3-5-16(6-4-15)28-19(7-1-2-8-19)17(25)24-11-9-18(10-12-24)13-29(26,27)14-18/h3-6,26-27H,1-2,7-14H2. The van der Waals surface area contributed by atoms with Gasteiger partial charge in [-0.3, -0.25) is 13.9 Å². The first-order chi connectivity index (χ1) is 13.5. The topological polar surface area (TPSA) is 70.0 Å². The van der Waals surface area contributed by atoms with Crippen LogP contribution in [0, 0.1) is 5.41 Å². The molecule has 162 valence electrons. The zero-order chi connectivity index (χ0) is 20.9. The maximum Gasteiger partial charge on any atom is 0.416 e. The van der Waals surface area contributed by atoms with Gasteiger partial charge in [0.1, 0.15) is 5.75 Å². The predicted octanol–water partition coefficient (Wildman–Crippen LogP) is 4.77. The Labute approximate surface area is 169 Å². The van der Waals surface area contributed by atoms with Crippen molar-refractivity contribution in [1.29, 1.82) is 0 Å². The maximum absolute atomic E-state index is 13.3. The van der Waals surface area contributed by atoms with Gasteiger partial charge in [0.25, 0.3) is 5.91 Å². The van der Waals surface area contributed by atoms with E-state index in [0.717, 1.165) is 37.8 Å². The van der Waals surface area contributed by atoms with Crippen molar-refractivity contribution in [1.82, 2.24) is 4.90 Å². The highest BCUT2D eigenvalue weighted by Crippen LogP contribution is 2.62. The Bertz CT molecular complexity index is 757. The molecule has 1 spiro atoms. The van der Waals surface area contributed by atoms with Crippen LogP contribution in [0.5, 0.6) is 5.75 Å². The molecule has 4 rings (SSSR count). The SMILES string of the molecule is O=C(N1CCC2(CC1)CS(O)(O)C2)C1(Oc2ccc(C(F)(F)F)cc2)CCCC1. The average Bonchev–Trinajstić information content (AvgIpc) is 3.09. The van der Waals surface area contributed by atoms with Crippen molar-refractivity contribution >= 4 is 16.5 Å². The molecule has 2 saturated heterocycles. The molecular weight excluding hydrogens is 407 g/mol. The van der Waals surface area contributed by atoms with Gasteiger partial charge in [-0.15, -0.1) is 0 Å². The van der Waals surface area contributed by atoms with Crippen LogP contribution >= 0.6 is 10.6 Å². The number of carbonyl (C=O) groups is 1. The summed E-state index contributed by atoms with van der Waals surface area (Å²) in [5.41, 5.74) is -1.83. The molecular formula is C20H26F3NO4S. The van der Waals surface area contributed by atoms with Gasteiger partial charge in [0, 0.05) is 30.0 Å². The van der Waals surface area contributed by atoms with Crippen molar-refractivity contribution in [2.24, 2.45) is 5.41 Å². The fourth-order valence-corrected chi connectivity index (χ4v) is 7.40. The summed E-state index contributed by atoms with van der Waals surface area (Å²) in [7, 11) is -2.42. The Balaban J connectivity index is 1.44. The summed E-state index contributed by atoms with van der Waals surface area (Å²) in [5.74, 6) is 1.02. The molecule has 5 nitrogen and oxygen atoms in total. The third kappa shape index (κ3) is 4.09. The number of piperidine rings is 1. The van der Waals surface area contributed by atoms with Crippen LogP contribution in [-0.2, 0) is 11.0 Å². The molecule has 3 fully saturated rings. The minimum Gasteiger partial charge on any atom is -0.477 e. The smallest absolute Gasteiger partial charge is 0.416 e. The highest BCUT2D eigenvalue weighted by atomic mass is 32.3. The second-order valence-electron chi connectivity index (χ2n) is 8.71. The molecule has 2 N–H and O–H groups in total. The van der Waals surface area contributed by atoms with Gasteiger partial charge in [0.15, 0.2) is 5.60 Å². The van der Waals surface area contributed by atoms with Crippen LogP contribution in [0.3, 0.4) is 0 Å². The Morgan fingerprint density at radius 2 is 1.55 bits per heavy atom. The molecule has 3 aliphatic rings. The van der Waals surface area contributed by atoms with Gasteiger partial charge in [-0.05, 0) is 62.8 Å². The molecule has 1 aromatic carbocycles. The van der Waals surface area contributed by atoms with Crippen molar-refractivity contribution in [2.45, 2.75) is 50.3 Å². The van der Waals surface area contributed by atoms with Crippen LogP contribution < -0.4 is 4.74 Å². The molecule has 0 bridgehead atoms. The van der Waals surface area contributed by atoms with Crippen LogP contribution in [0.25, 0.3) is 0 Å². The molecule has 2 aliphatic heterocycles. The van der Waals surface area contributed by atoms with E-state index in [1.807, 2.05) is 0 Å². The molecule has 2 heterocycles. The van der Waals surface area contributed by atoms with Crippen molar-refractivity contribution < 1.29 is 31.8 Å². The molecule has 29 heavy (non-hydrogen) atoms. The zero-order valence-electron chi connectivity index (χ0n) is 16.1. The monoisotopic (exact) mass is 433 g/mol. The van der Waals surface area contributed by atoms with E-state index in [4.69, 9.17) is 4.74 Å². The van der Waals surface area contributed by atoms with E-state index in [1.165, 1.54) is 12.1 Å². The summed E-state index contributed by atoms with van der Waals surface area (Å²) < 4.78 is 63.8. The van der Waals surface area contributed by atoms with Gasteiger partial charge in [-0.2, -0.15) is 23.8 Å². The lowest BCUT2D eigenvalue weighted by Crippen LogP contribution is -2.58. The van der Waals surface area contributed by atoms with E-state index in [1.54, 1.807) is 4.90 Å². The van der Waals surface area contributed by atoms with Crippen LogP contribution in [0.2, 0.25) is 0 Å². The summed E-state index contributed by atoms with van der Waals surface area (Å²) in [6.07, 6.45) is -0.150. The number of rotatable bonds is 3. The fourth-order valence-electron chi connectivity index (χ4n) is 4.94. The number of hydrogen-bond donors (Lipinski definition) is 2. The van der Waals surface area contributed by atoms with Crippen molar-refractivity contribution in [3.8, 4) is 5.75 Å². The number of carbonyl (C=O) groups excluding carboxylic acids is 1. The minimum atomic E-state index is -4.41. The number of alkyl halides is 3. The largest absolute Gasteiger partial charge is 0.477 e. The number of likely N-dealkylation sites (tertiary alicyclic amines) is 1. The zero-order valence-corrected chi connectivity index (χ0v) is 16.9. The normalized spacial score (nSPS) is 26.0. The number of amides is 1. The third-order valence-electron chi connectivity index (χ3n) is 6.48. The second-order valence-corrected chi connectivity index (χ2v) is 10.9. The van der Waals surface area contributed by atoms with Gasteiger partial charge < -0.3 is 9.64 Å². The van der Waals surface area contributed by atoms with E-state index in [-0.39, 0.29) is 17.1 Å². The molecule has 1 amide bonds. The van der Waals surface area contributed by atoms with Gasteiger partial charge in [0.2, 0.25) is 0 Å². The molecule has 1 saturated carbocycles. The van der Waals surface area contributed by atoms with E-state index >= 15 is 0 Å². The lowest BCUT2D eigenvalue weighted by molar-refractivity contribution is -0.150. The summed E-state index contributed by atoms with van der Waals surface area (Å²) in [5, 5.41) is 0. The van der Waals surface area contributed by atoms with E-state index in [2.05, 4.69) is 0 Å². The highest BCUT2D eigenvalue weighted by Gasteiger charge is 2.52. The predicted molar refractivity (Wildman–Crippen MR) is 104 cm³/mol.